The fraction of sp³-hybridized carbons (Fsp3) is 0.286. The van der Waals surface area contributed by atoms with Gasteiger partial charge in [-0.25, -0.2) is 0 Å². The molecule has 0 saturated carbocycles. The summed E-state index contributed by atoms with van der Waals surface area (Å²) in [6.45, 7) is 6.16. The largest absolute Gasteiger partial charge is 0.490 e. The molecule has 25 heavy (non-hydrogen) atoms. The Morgan fingerprint density at radius 1 is 1.08 bits per heavy atom. The van der Waals surface area contributed by atoms with Crippen molar-refractivity contribution in [2.24, 2.45) is 0 Å². The van der Waals surface area contributed by atoms with Gasteiger partial charge in [0.2, 0.25) is 0 Å². The normalized spacial score (nSPS) is 14.0. The van der Waals surface area contributed by atoms with E-state index >= 15 is 0 Å². The molecule has 1 heterocycles. The molecular weight excluding hydrogens is 312 g/mol. The molecular formula is C21H24N2O2. The molecule has 1 amide bonds. The maximum absolute atomic E-state index is 12.6. The molecule has 1 saturated heterocycles. The molecule has 2 aromatic rings. The summed E-state index contributed by atoms with van der Waals surface area (Å²) in [5.41, 5.74) is 2.57. The summed E-state index contributed by atoms with van der Waals surface area (Å²) in [5.74, 6) is 0.616. The molecule has 4 heteroatoms. The zero-order valence-corrected chi connectivity index (χ0v) is 14.4. The second kappa shape index (κ2) is 8.38. The fourth-order valence-electron chi connectivity index (χ4n) is 3.04. The second-order valence-corrected chi connectivity index (χ2v) is 6.14. The first-order valence-electron chi connectivity index (χ1n) is 8.77. The Kier molecular flexibility index (Phi) is 5.73. The Balaban J connectivity index is 1.71. The average Bonchev–Trinajstić information content (AvgIpc) is 2.68. The lowest BCUT2D eigenvalue weighted by atomic mass is 10.1. The van der Waals surface area contributed by atoms with Gasteiger partial charge in [-0.05, 0) is 55.7 Å². The molecule has 0 radical (unpaired) electrons. The topological polar surface area (TPSA) is 41.6 Å². The number of nitrogens with one attached hydrogen (secondary N) is 1. The van der Waals surface area contributed by atoms with Crippen LogP contribution in [0.3, 0.4) is 0 Å². The minimum Gasteiger partial charge on any atom is -0.490 e. The van der Waals surface area contributed by atoms with Crippen LogP contribution in [0.15, 0.2) is 61.2 Å². The number of hydrogen-bond donors (Lipinski definition) is 1. The molecule has 1 aliphatic heterocycles. The first-order valence-corrected chi connectivity index (χ1v) is 8.77. The third kappa shape index (κ3) is 4.41. The number of piperidine rings is 1. The number of hydrogen-bond acceptors (Lipinski definition) is 3. The highest BCUT2D eigenvalue weighted by Crippen LogP contribution is 2.28. The summed E-state index contributed by atoms with van der Waals surface area (Å²) in [4.78, 5) is 14.9. The van der Waals surface area contributed by atoms with Crippen molar-refractivity contribution in [3.05, 3.63) is 66.7 Å². The van der Waals surface area contributed by atoms with Crippen LogP contribution in [-0.2, 0) is 0 Å². The molecule has 1 aliphatic rings. The van der Waals surface area contributed by atoms with E-state index in [1.807, 2.05) is 18.2 Å². The minimum atomic E-state index is -0.111. The van der Waals surface area contributed by atoms with Crippen LogP contribution in [0.25, 0.3) is 0 Å². The van der Waals surface area contributed by atoms with Crippen LogP contribution in [0.1, 0.15) is 29.6 Å². The van der Waals surface area contributed by atoms with Gasteiger partial charge in [-0.2, -0.15) is 0 Å². The van der Waals surface area contributed by atoms with Crippen LogP contribution in [0, 0.1) is 0 Å². The van der Waals surface area contributed by atoms with Gasteiger partial charge in [0.05, 0.1) is 11.4 Å². The fourth-order valence-corrected chi connectivity index (χ4v) is 3.04. The standard InChI is InChI=1S/C21H24N2O2/c1-2-16-25-18-12-10-17(11-13-18)21(24)22-19-8-4-5-9-20(19)23-14-6-3-7-15-23/h2,4-5,8-13H,1,3,6-7,14-16H2,(H,22,24). The summed E-state index contributed by atoms with van der Waals surface area (Å²) >= 11 is 0. The van der Waals surface area contributed by atoms with Gasteiger partial charge in [0, 0.05) is 18.7 Å². The summed E-state index contributed by atoms with van der Waals surface area (Å²) in [5, 5.41) is 3.05. The van der Waals surface area contributed by atoms with E-state index in [1.54, 1.807) is 30.3 Å². The second-order valence-electron chi connectivity index (χ2n) is 6.14. The third-order valence-electron chi connectivity index (χ3n) is 4.33. The molecule has 0 spiro atoms. The summed E-state index contributed by atoms with van der Waals surface area (Å²) < 4.78 is 5.45. The van der Waals surface area contributed by atoms with Crippen LogP contribution in [0.4, 0.5) is 11.4 Å². The molecule has 3 rings (SSSR count). The number of para-hydroxylation sites is 2. The van der Waals surface area contributed by atoms with Crippen LogP contribution in [-0.4, -0.2) is 25.6 Å². The van der Waals surface area contributed by atoms with E-state index in [1.165, 1.54) is 19.3 Å². The first-order chi connectivity index (χ1) is 12.3. The number of anilines is 2. The van der Waals surface area contributed by atoms with E-state index in [0.717, 1.165) is 30.2 Å². The van der Waals surface area contributed by atoms with Gasteiger partial charge in [-0.1, -0.05) is 24.8 Å². The predicted molar refractivity (Wildman–Crippen MR) is 103 cm³/mol. The Bertz CT molecular complexity index is 719. The maximum atomic E-state index is 12.6. The van der Waals surface area contributed by atoms with Crippen LogP contribution in [0.5, 0.6) is 5.75 Å². The molecule has 130 valence electrons. The van der Waals surface area contributed by atoms with Crippen LogP contribution >= 0.6 is 0 Å². The monoisotopic (exact) mass is 336 g/mol. The van der Waals surface area contributed by atoms with Crippen molar-refractivity contribution in [1.29, 1.82) is 0 Å². The lowest BCUT2D eigenvalue weighted by Gasteiger charge is -2.30. The zero-order valence-electron chi connectivity index (χ0n) is 14.4. The van der Waals surface area contributed by atoms with E-state index in [-0.39, 0.29) is 5.91 Å². The highest BCUT2D eigenvalue weighted by Gasteiger charge is 2.16. The Morgan fingerprint density at radius 2 is 1.80 bits per heavy atom. The molecule has 2 aromatic carbocycles. The van der Waals surface area contributed by atoms with Crippen molar-refractivity contribution in [3.8, 4) is 5.75 Å². The molecule has 1 N–H and O–H groups in total. The Labute approximate surface area is 149 Å². The highest BCUT2D eigenvalue weighted by atomic mass is 16.5. The van der Waals surface area contributed by atoms with Crippen molar-refractivity contribution >= 4 is 17.3 Å². The molecule has 0 bridgehead atoms. The van der Waals surface area contributed by atoms with Crippen molar-refractivity contribution in [2.75, 3.05) is 29.9 Å². The van der Waals surface area contributed by atoms with Gasteiger partial charge in [-0.15, -0.1) is 0 Å². The van der Waals surface area contributed by atoms with Crippen molar-refractivity contribution in [1.82, 2.24) is 0 Å². The molecule has 4 nitrogen and oxygen atoms in total. The quantitative estimate of drug-likeness (QED) is 0.790. The number of amides is 1. The van der Waals surface area contributed by atoms with Gasteiger partial charge < -0.3 is 15.0 Å². The number of rotatable bonds is 6. The summed E-state index contributed by atoms with van der Waals surface area (Å²) in [7, 11) is 0. The average molecular weight is 336 g/mol. The van der Waals surface area contributed by atoms with E-state index in [0.29, 0.717) is 12.2 Å². The van der Waals surface area contributed by atoms with Crippen LogP contribution < -0.4 is 15.0 Å². The number of carbonyl (C=O) groups is 1. The number of carbonyl (C=O) groups excluding carboxylic acids is 1. The van der Waals surface area contributed by atoms with Gasteiger partial charge in [-0.3, -0.25) is 4.79 Å². The van der Waals surface area contributed by atoms with Crippen molar-refractivity contribution < 1.29 is 9.53 Å². The third-order valence-corrected chi connectivity index (χ3v) is 4.33. The molecule has 0 aliphatic carbocycles. The zero-order chi connectivity index (χ0) is 17.5. The SMILES string of the molecule is C=CCOc1ccc(C(=O)Nc2ccccc2N2CCCCC2)cc1. The van der Waals surface area contributed by atoms with Gasteiger partial charge in [0.15, 0.2) is 0 Å². The van der Waals surface area contributed by atoms with E-state index in [9.17, 15) is 4.79 Å². The van der Waals surface area contributed by atoms with E-state index in [2.05, 4.69) is 22.9 Å². The minimum absolute atomic E-state index is 0.111. The number of benzene rings is 2. The van der Waals surface area contributed by atoms with Gasteiger partial charge >= 0.3 is 0 Å². The van der Waals surface area contributed by atoms with Gasteiger partial charge in [0.1, 0.15) is 12.4 Å². The summed E-state index contributed by atoms with van der Waals surface area (Å²) in [6, 6.07) is 15.2. The summed E-state index contributed by atoms with van der Waals surface area (Å²) in [6.07, 6.45) is 5.38. The van der Waals surface area contributed by atoms with Crippen molar-refractivity contribution in [2.45, 2.75) is 19.3 Å². The lowest BCUT2D eigenvalue weighted by Crippen LogP contribution is -2.30. The maximum Gasteiger partial charge on any atom is 0.255 e. The van der Waals surface area contributed by atoms with Crippen LogP contribution in [0.2, 0.25) is 0 Å². The molecule has 0 aromatic heterocycles. The number of nitrogens with zero attached hydrogens (tertiary/aromatic N) is 1. The molecule has 0 atom stereocenters. The van der Waals surface area contributed by atoms with Crippen molar-refractivity contribution in [3.63, 3.8) is 0 Å². The Morgan fingerprint density at radius 3 is 2.52 bits per heavy atom. The molecule has 0 unspecified atom stereocenters. The Hall–Kier alpha value is -2.75. The first kappa shape index (κ1) is 17.1. The number of ether oxygens (including phenoxy) is 1. The smallest absolute Gasteiger partial charge is 0.255 e. The van der Waals surface area contributed by atoms with E-state index < -0.39 is 0 Å². The predicted octanol–water partition coefficient (Wildman–Crippen LogP) is 4.49. The molecule has 1 fully saturated rings. The highest BCUT2D eigenvalue weighted by molar-refractivity contribution is 6.06. The lowest BCUT2D eigenvalue weighted by molar-refractivity contribution is 0.102. The van der Waals surface area contributed by atoms with Gasteiger partial charge in [0.25, 0.3) is 5.91 Å². The van der Waals surface area contributed by atoms with E-state index in [4.69, 9.17) is 4.74 Å².